The van der Waals surface area contributed by atoms with Gasteiger partial charge in [0.05, 0.1) is 6.10 Å². The monoisotopic (exact) mass is 370 g/mol. The molecule has 1 fully saturated rings. The fourth-order valence-corrected chi connectivity index (χ4v) is 3.83. The standard InChI is InChI=1S/C21H42N2O3/c1-4-5-6-7-8-9-10-11-12-13-14-15-16-19-20(18(17-24)23-22)26-21(2,3)25-19/h18-20,23-24H,4-17H2,1-3H3/t18-,19+,20-/m0/s1. The van der Waals surface area contributed by atoms with Crippen molar-refractivity contribution in [1.82, 2.24) is 0 Å². The third-order valence-electron chi connectivity index (χ3n) is 5.32. The van der Waals surface area contributed by atoms with Crippen LogP contribution in [-0.2, 0) is 9.47 Å². The molecule has 1 aliphatic heterocycles. The van der Waals surface area contributed by atoms with Crippen LogP contribution >= 0.6 is 0 Å². The molecule has 26 heavy (non-hydrogen) atoms. The van der Waals surface area contributed by atoms with E-state index < -0.39 is 11.8 Å². The largest absolute Gasteiger partial charge is 0.508 e. The number of unbranched alkanes of at least 4 members (excludes halogenated alkanes) is 11. The van der Waals surface area contributed by atoms with Crippen molar-refractivity contribution in [2.24, 2.45) is 0 Å². The van der Waals surface area contributed by atoms with Crippen molar-refractivity contribution in [3.05, 3.63) is 5.53 Å². The fourth-order valence-electron chi connectivity index (χ4n) is 3.83. The van der Waals surface area contributed by atoms with Crippen molar-refractivity contribution in [2.75, 3.05) is 6.61 Å². The predicted octanol–water partition coefficient (Wildman–Crippen LogP) is 4.06. The van der Waals surface area contributed by atoms with Gasteiger partial charge in [-0.25, -0.2) is 0 Å². The Bertz CT molecular complexity index is 363. The molecular weight excluding hydrogens is 328 g/mol. The number of nitrogens with zero attached hydrogens (tertiary/aromatic N) is 1. The van der Waals surface area contributed by atoms with Crippen molar-refractivity contribution in [1.29, 1.82) is 0 Å². The summed E-state index contributed by atoms with van der Waals surface area (Å²) in [5, 5.41) is 11.5. The second-order valence-corrected chi connectivity index (χ2v) is 8.23. The number of nitrogens with one attached hydrogen (secondary N) is 1. The Morgan fingerprint density at radius 1 is 0.885 bits per heavy atom. The zero-order valence-electron chi connectivity index (χ0n) is 17.3. The van der Waals surface area contributed by atoms with E-state index in [1.54, 1.807) is 0 Å². The molecule has 1 saturated heterocycles. The van der Waals surface area contributed by atoms with Gasteiger partial charge in [0, 0.05) is 0 Å². The molecule has 5 nitrogen and oxygen atoms in total. The van der Waals surface area contributed by atoms with E-state index in [4.69, 9.17) is 9.47 Å². The Hall–Kier alpha value is -0.520. The van der Waals surface area contributed by atoms with Crippen LogP contribution in [0.3, 0.4) is 0 Å². The number of hydrogen-bond donors (Lipinski definition) is 2. The Kier molecular flexibility index (Phi) is 12.3. The van der Waals surface area contributed by atoms with Crippen LogP contribution < -0.4 is 5.11 Å². The highest BCUT2D eigenvalue weighted by Gasteiger charge is 2.46. The lowest BCUT2D eigenvalue weighted by atomic mass is 10.00. The second-order valence-electron chi connectivity index (χ2n) is 8.23. The lowest BCUT2D eigenvalue weighted by Gasteiger charge is -2.19. The molecule has 0 bridgehead atoms. The van der Waals surface area contributed by atoms with Crippen LogP contribution in [0, 0.1) is 0 Å². The highest BCUT2D eigenvalue weighted by Crippen LogP contribution is 2.32. The van der Waals surface area contributed by atoms with Gasteiger partial charge in [-0.05, 0) is 20.3 Å². The molecule has 1 heterocycles. The molecule has 0 radical (unpaired) electrons. The molecule has 154 valence electrons. The summed E-state index contributed by atoms with van der Waals surface area (Å²) in [4.78, 5) is 0. The maximum atomic E-state index is 9.39. The highest BCUT2D eigenvalue weighted by atomic mass is 16.8. The summed E-state index contributed by atoms with van der Waals surface area (Å²) in [5.41, 5.74) is 9.20. The van der Waals surface area contributed by atoms with Crippen molar-refractivity contribution in [3.63, 3.8) is 0 Å². The van der Waals surface area contributed by atoms with Gasteiger partial charge in [-0.15, -0.1) is 0 Å². The number of aliphatic hydroxyl groups excluding tert-OH is 1. The van der Waals surface area contributed by atoms with Gasteiger partial charge < -0.3 is 25.2 Å². The van der Waals surface area contributed by atoms with E-state index >= 15 is 0 Å². The summed E-state index contributed by atoms with van der Waals surface area (Å²) in [6.45, 7) is 5.86. The summed E-state index contributed by atoms with van der Waals surface area (Å²) in [7, 11) is 0. The van der Waals surface area contributed by atoms with E-state index in [1.807, 2.05) is 13.8 Å². The molecule has 0 aliphatic carbocycles. The van der Waals surface area contributed by atoms with Crippen LogP contribution in [0.5, 0.6) is 0 Å². The van der Waals surface area contributed by atoms with Gasteiger partial charge in [-0.3, -0.25) is 0 Å². The van der Waals surface area contributed by atoms with Crippen LogP contribution in [0.15, 0.2) is 0 Å². The lowest BCUT2D eigenvalue weighted by molar-refractivity contribution is -0.542. The van der Waals surface area contributed by atoms with E-state index in [0.29, 0.717) is 0 Å². The predicted molar refractivity (Wildman–Crippen MR) is 105 cm³/mol. The molecule has 0 unspecified atom stereocenters. The van der Waals surface area contributed by atoms with Gasteiger partial charge in [0.15, 0.2) is 11.8 Å². The fraction of sp³-hybridized carbons (Fsp3) is 1.00. The molecule has 0 amide bonds. The molecule has 3 atom stereocenters. The number of rotatable bonds is 16. The maximum absolute atomic E-state index is 9.39. The summed E-state index contributed by atoms with van der Waals surface area (Å²) in [6, 6.07) is -0.501. The molecule has 0 aromatic rings. The third kappa shape index (κ3) is 9.43. The number of aliphatic hydroxyl groups is 1. The molecular formula is C21H42N2O3. The van der Waals surface area contributed by atoms with E-state index in [2.05, 4.69) is 12.0 Å². The highest BCUT2D eigenvalue weighted by molar-refractivity contribution is 4.85. The van der Waals surface area contributed by atoms with Crippen LogP contribution in [0.25, 0.3) is 5.53 Å². The topological polar surface area (TPSA) is 75.0 Å². The Balaban J connectivity index is 2.06. The van der Waals surface area contributed by atoms with Crippen molar-refractivity contribution < 1.29 is 19.7 Å². The molecule has 0 aromatic heterocycles. The van der Waals surface area contributed by atoms with Gasteiger partial charge in [0.1, 0.15) is 12.7 Å². The van der Waals surface area contributed by atoms with E-state index in [0.717, 1.165) is 12.8 Å². The first-order valence-electron chi connectivity index (χ1n) is 10.9. The minimum atomic E-state index is -0.656. The van der Waals surface area contributed by atoms with Gasteiger partial charge in [0.25, 0.3) is 0 Å². The Morgan fingerprint density at radius 3 is 1.85 bits per heavy atom. The smallest absolute Gasteiger partial charge is 0.191 e. The minimum absolute atomic E-state index is 0.0788. The van der Waals surface area contributed by atoms with Crippen LogP contribution in [-0.4, -0.2) is 35.8 Å². The van der Waals surface area contributed by atoms with Crippen LogP contribution in [0.4, 0.5) is 0 Å². The average Bonchev–Trinajstić information content (AvgIpc) is 2.91. The summed E-state index contributed by atoms with van der Waals surface area (Å²) < 4.78 is 11.8. The molecule has 0 aromatic carbocycles. The zero-order valence-corrected chi connectivity index (χ0v) is 17.3. The van der Waals surface area contributed by atoms with E-state index in [-0.39, 0.29) is 18.8 Å². The zero-order chi connectivity index (χ0) is 19.3. The van der Waals surface area contributed by atoms with E-state index in [9.17, 15) is 10.6 Å². The molecule has 2 N–H and O–H groups in total. The second kappa shape index (κ2) is 13.6. The van der Waals surface area contributed by atoms with Crippen molar-refractivity contribution in [3.8, 4) is 0 Å². The first-order chi connectivity index (χ1) is 12.5. The molecule has 1 aliphatic rings. The van der Waals surface area contributed by atoms with Crippen LogP contribution in [0.1, 0.15) is 104 Å². The van der Waals surface area contributed by atoms with Crippen molar-refractivity contribution >= 4 is 0 Å². The third-order valence-corrected chi connectivity index (χ3v) is 5.32. The normalized spacial score (nSPS) is 23.2. The average molecular weight is 371 g/mol. The molecule has 0 spiro atoms. The van der Waals surface area contributed by atoms with Gasteiger partial charge in [-0.1, -0.05) is 84.0 Å². The number of hydrogen-bond acceptors (Lipinski definition) is 3. The maximum Gasteiger partial charge on any atom is 0.191 e. The SMILES string of the molecule is CCCCCCCCCCCCCC[C@H]1OC(C)(C)O[C@H]1[C@H](CO)[NH+]=[N-]. The summed E-state index contributed by atoms with van der Waals surface area (Å²) >= 11 is 0. The summed E-state index contributed by atoms with van der Waals surface area (Å²) in [6.07, 6.45) is 16.5. The first-order valence-corrected chi connectivity index (χ1v) is 10.9. The quantitative estimate of drug-likeness (QED) is 0.318. The molecule has 5 heteroatoms. The molecule has 0 saturated carbocycles. The summed E-state index contributed by atoms with van der Waals surface area (Å²) in [5.74, 6) is -0.656. The molecule has 1 rings (SSSR count). The van der Waals surface area contributed by atoms with Crippen molar-refractivity contribution in [2.45, 2.75) is 128 Å². The van der Waals surface area contributed by atoms with Crippen LogP contribution in [0.2, 0.25) is 0 Å². The Morgan fingerprint density at radius 2 is 1.38 bits per heavy atom. The lowest BCUT2D eigenvalue weighted by Crippen LogP contribution is -2.78. The van der Waals surface area contributed by atoms with Gasteiger partial charge >= 0.3 is 0 Å². The minimum Gasteiger partial charge on any atom is -0.508 e. The van der Waals surface area contributed by atoms with Gasteiger partial charge in [-0.2, -0.15) is 0 Å². The first kappa shape index (κ1) is 23.5. The number of ether oxygens (including phenoxy) is 2. The Labute approximate surface area is 160 Å². The van der Waals surface area contributed by atoms with Gasteiger partial charge in [0.2, 0.25) is 0 Å². The van der Waals surface area contributed by atoms with E-state index in [1.165, 1.54) is 70.6 Å².